The Kier molecular flexibility index (Phi) is 42.6. The average molecular weight is 793 g/mol. The molecular weight excluding hydrogens is 709 g/mol. The minimum atomic E-state index is -0.792. The smallest absolute Gasteiger partial charge is 0.306 e. The monoisotopic (exact) mass is 793 g/mol. The van der Waals surface area contributed by atoms with E-state index in [-0.39, 0.29) is 37.5 Å². The first kappa shape index (κ1) is 53.6. The molecule has 0 radical (unpaired) electrons. The zero-order chi connectivity index (χ0) is 41.5. The van der Waals surface area contributed by atoms with Crippen molar-refractivity contribution in [2.45, 2.75) is 207 Å². The van der Waals surface area contributed by atoms with Crippen molar-refractivity contribution in [3.05, 3.63) is 85.1 Å². The number of hydrogen-bond acceptors (Lipinski definition) is 6. The van der Waals surface area contributed by atoms with Crippen LogP contribution in [-0.2, 0) is 28.6 Å². The molecule has 0 rings (SSSR count). The predicted molar refractivity (Wildman–Crippen MR) is 242 cm³/mol. The highest BCUT2D eigenvalue weighted by molar-refractivity contribution is 5.71. The third kappa shape index (κ3) is 43.6. The Morgan fingerprint density at radius 1 is 0.368 bits per heavy atom. The van der Waals surface area contributed by atoms with E-state index in [1.165, 1.54) is 64.2 Å². The lowest BCUT2D eigenvalue weighted by Gasteiger charge is -2.18. The molecule has 0 aliphatic rings. The van der Waals surface area contributed by atoms with Gasteiger partial charge in [0.05, 0.1) is 0 Å². The summed E-state index contributed by atoms with van der Waals surface area (Å²) in [5.41, 5.74) is 0. The molecule has 0 saturated carbocycles. The Bertz CT molecular complexity index is 1140. The molecule has 0 amide bonds. The molecule has 0 heterocycles. The van der Waals surface area contributed by atoms with Crippen LogP contribution in [0.3, 0.4) is 0 Å². The van der Waals surface area contributed by atoms with E-state index in [4.69, 9.17) is 14.2 Å². The van der Waals surface area contributed by atoms with Crippen molar-refractivity contribution in [2.75, 3.05) is 13.2 Å². The molecule has 0 saturated heterocycles. The maximum atomic E-state index is 12.6. The lowest BCUT2D eigenvalue weighted by atomic mass is 10.1. The second kappa shape index (κ2) is 45.3. The minimum Gasteiger partial charge on any atom is -0.462 e. The van der Waals surface area contributed by atoms with Crippen molar-refractivity contribution >= 4 is 17.9 Å². The van der Waals surface area contributed by atoms with Crippen molar-refractivity contribution in [1.82, 2.24) is 0 Å². The summed E-state index contributed by atoms with van der Waals surface area (Å²) in [7, 11) is 0. The molecule has 0 aromatic carbocycles. The predicted octanol–water partition coefficient (Wildman–Crippen LogP) is 14.9. The zero-order valence-corrected chi connectivity index (χ0v) is 36.8. The minimum absolute atomic E-state index is 0.0936. The van der Waals surface area contributed by atoms with Crippen LogP contribution in [0.4, 0.5) is 0 Å². The quantitative estimate of drug-likeness (QED) is 0.0266. The molecule has 324 valence electrons. The van der Waals surface area contributed by atoms with Gasteiger partial charge >= 0.3 is 17.9 Å². The molecule has 6 nitrogen and oxygen atoms in total. The lowest BCUT2D eigenvalue weighted by molar-refractivity contribution is -0.167. The number of allylic oxidation sites excluding steroid dienone is 14. The Hall–Kier alpha value is -3.41. The van der Waals surface area contributed by atoms with Crippen molar-refractivity contribution in [3.63, 3.8) is 0 Å². The molecule has 0 aromatic heterocycles. The van der Waals surface area contributed by atoms with Crippen molar-refractivity contribution in [1.29, 1.82) is 0 Å². The summed E-state index contributed by atoms with van der Waals surface area (Å²) in [5.74, 6) is -0.972. The highest BCUT2D eigenvalue weighted by atomic mass is 16.6. The van der Waals surface area contributed by atoms with Gasteiger partial charge in [-0.05, 0) is 70.6 Å². The molecule has 1 unspecified atom stereocenters. The van der Waals surface area contributed by atoms with Gasteiger partial charge in [0, 0.05) is 19.3 Å². The summed E-state index contributed by atoms with van der Waals surface area (Å²) in [6, 6.07) is 0. The van der Waals surface area contributed by atoms with Crippen LogP contribution in [0.25, 0.3) is 0 Å². The molecule has 0 aliphatic carbocycles. The summed E-state index contributed by atoms with van der Waals surface area (Å²) in [5, 5.41) is 0. The molecule has 0 N–H and O–H groups in total. The third-order valence-corrected chi connectivity index (χ3v) is 9.41. The molecule has 0 spiro atoms. The first-order valence-corrected chi connectivity index (χ1v) is 23.1. The average Bonchev–Trinajstić information content (AvgIpc) is 3.21. The second-order valence-corrected chi connectivity index (χ2v) is 14.9. The summed E-state index contributed by atoms with van der Waals surface area (Å²) in [6.07, 6.45) is 57.3. The van der Waals surface area contributed by atoms with E-state index in [2.05, 4.69) is 106 Å². The van der Waals surface area contributed by atoms with Crippen LogP contribution in [0.2, 0.25) is 0 Å². The Balaban J connectivity index is 4.33. The zero-order valence-electron chi connectivity index (χ0n) is 36.8. The number of esters is 3. The van der Waals surface area contributed by atoms with Crippen molar-refractivity contribution < 1.29 is 28.6 Å². The SMILES string of the molecule is CC/C=C\C/C=C\C/C=C\C/C=C\C/C=C\C/C=C\C/C=C\CCCC(=O)OCC(COC(=O)CCCCCCCCCC)OC(=O)CCCCCCCCCC. The molecule has 0 aromatic rings. The van der Waals surface area contributed by atoms with Crippen LogP contribution in [0.5, 0.6) is 0 Å². The van der Waals surface area contributed by atoms with Gasteiger partial charge < -0.3 is 14.2 Å². The van der Waals surface area contributed by atoms with Gasteiger partial charge in [-0.1, -0.05) is 196 Å². The standard InChI is InChI=1S/C51H84O6/c1-4-7-10-13-16-19-20-21-22-23-24-25-26-27-28-29-30-31-32-33-36-38-41-44-50(53)56-47-48(57-51(54)45-42-39-35-18-15-12-9-6-3)46-55-49(52)43-40-37-34-17-14-11-8-5-2/h7,10,16,19,21-22,24-25,27-28,30-31,33,36,48H,4-6,8-9,11-15,17-18,20,23,26,29,32,34-35,37-47H2,1-3H3/b10-7-,19-16-,22-21-,25-24-,28-27-,31-30-,36-33-. The van der Waals surface area contributed by atoms with Gasteiger partial charge in [0.15, 0.2) is 6.10 Å². The fraction of sp³-hybridized carbons (Fsp3) is 0.667. The van der Waals surface area contributed by atoms with Crippen LogP contribution in [0.1, 0.15) is 201 Å². The van der Waals surface area contributed by atoms with Crippen molar-refractivity contribution in [2.24, 2.45) is 0 Å². The normalized spacial score (nSPS) is 12.8. The maximum absolute atomic E-state index is 12.6. The molecule has 0 bridgehead atoms. The van der Waals surface area contributed by atoms with Gasteiger partial charge in [-0.25, -0.2) is 0 Å². The lowest BCUT2D eigenvalue weighted by Crippen LogP contribution is -2.30. The summed E-state index contributed by atoms with van der Waals surface area (Å²) < 4.78 is 16.6. The Morgan fingerprint density at radius 3 is 1.07 bits per heavy atom. The fourth-order valence-electron chi connectivity index (χ4n) is 5.96. The van der Waals surface area contributed by atoms with Gasteiger partial charge in [0.2, 0.25) is 0 Å². The molecular formula is C51H84O6. The Morgan fingerprint density at radius 2 is 0.684 bits per heavy atom. The van der Waals surface area contributed by atoms with E-state index in [0.717, 1.165) is 89.9 Å². The van der Waals surface area contributed by atoms with E-state index >= 15 is 0 Å². The van der Waals surface area contributed by atoms with Crippen LogP contribution >= 0.6 is 0 Å². The highest BCUT2D eigenvalue weighted by Crippen LogP contribution is 2.13. The van der Waals surface area contributed by atoms with Gasteiger partial charge in [-0.15, -0.1) is 0 Å². The van der Waals surface area contributed by atoms with Crippen LogP contribution in [0, 0.1) is 0 Å². The van der Waals surface area contributed by atoms with E-state index in [1.807, 2.05) is 0 Å². The number of rotatable bonds is 40. The van der Waals surface area contributed by atoms with Gasteiger partial charge in [0.25, 0.3) is 0 Å². The van der Waals surface area contributed by atoms with Crippen molar-refractivity contribution in [3.8, 4) is 0 Å². The van der Waals surface area contributed by atoms with Crippen LogP contribution < -0.4 is 0 Å². The number of carbonyl (C=O) groups is 3. The number of hydrogen-bond donors (Lipinski definition) is 0. The summed E-state index contributed by atoms with van der Waals surface area (Å²) >= 11 is 0. The molecule has 1 atom stereocenters. The first-order valence-electron chi connectivity index (χ1n) is 23.1. The van der Waals surface area contributed by atoms with E-state index in [9.17, 15) is 14.4 Å². The third-order valence-electron chi connectivity index (χ3n) is 9.41. The van der Waals surface area contributed by atoms with Gasteiger partial charge in [-0.2, -0.15) is 0 Å². The topological polar surface area (TPSA) is 78.9 Å². The van der Waals surface area contributed by atoms with Crippen LogP contribution in [-0.4, -0.2) is 37.2 Å². The molecule has 57 heavy (non-hydrogen) atoms. The summed E-state index contributed by atoms with van der Waals surface area (Å²) in [6.45, 7) is 6.39. The van der Waals surface area contributed by atoms with Gasteiger partial charge in [-0.3, -0.25) is 14.4 Å². The van der Waals surface area contributed by atoms with E-state index in [0.29, 0.717) is 19.3 Å². The Labute approximate surface area is 350 Å². The highest BCUT2D eigenvalue weighted by Gasteiger charge is 2.19. The summed E-state index contributed by atoms with van der Waals surface area (Å²) in [4.78, 5) is 37.5. The molecule has 6 heteroatoms. The maximum Gasteiger partial charge on any atom is 0.306 e. The van der Waals surface area contributed by atoms with E-state index < -0.39 is 6.10 Å². The molecule has 0 fully saturated rings. The van der Waals surface area contributed by atoms with Gasteiger partial charge in [0.1, 0.15) is 13.2 Å². The second-order valence-electron chi connectivity index (χ2n) is 14.9. The number of ether oxygens (including phenoxy) is 3. The first-order chi connectivity index (χ1) is 28.0. The van der Waals surface area contributed by atoms with E-state index in [1.54, 1.807) is 0 Å². The molecule has 0 aliphatic heterocycles. The van der Waals surface area contributed by atoms with Crippen LogP contribution in [0.15, 0.2) is 85.1 Å². The number of carbonyl (C=O) groups excluding carboxylic acids is 3. The largest absolute Gasteiger partial charge is 0.462 e. The number of unbranched alkanes of at least 4 members (excludes halogenated alkanes) is 15. The fourth-order valence-corrected chi connectivity index (χ4v) is 5.96.